The molecule has 1 saturated carbocycles. The largest absolute Gasteiger partial charge is 0.448 e. The smallest absolute Gasteiger partial charge is 0.245 e. The van der Waals surface area contributed by atoms with Crippen LogP contribution in [0.3, 0.4) is 0 Å². The number of nitriles is 1. The first kappa shape index (κ1) is 15.2. The number of hydrogen-bond donors (Lipinski definition) is 1. The van der Waals surface area contributed by atoms with Crippen LogP contribution in [0.1, 0.15) is 55.4 Å². The maximum Gasteiger partial charge on any atom is 0.245 e. The van der Waals surface area contributed by atoms with Gasteiger partial charge in [-0.2, -0.15) is 5.26 Å². The van der Waals surface area contributed by atoms with Gasteiger partial charge in [-0.1, -0.05) is 26.2 Å². The molecule has 6 heteroatoms. The van der Waals surface area contributed by atoms with E-state index in [-0.39, 0.29) is 11.7 Å². The first-order valence-corrected chi connectivity index (χ1v) is 7.34. The lowest BCUT2D eigenvalue weighted by Crippen LogP contribution is -2.42. The van der Waals surface area contributed by atoms with Crippen LogP contribution in [0.25, 0.3) is 0 Å². The Morgan fingerprint density at radius 1 is 1.48 bits per heavy atom. The molecule has 1 amide bonds. The van der Waals surface area contributed by atoms with Crippen LogP contribution in [0, 0.1) is 17.2 Å². The van der Waals surface area contributed by atoms with Crippen molar-refractivity contribution in [1.29, 1.82) is 5.26 Å². The number of ketones is 1. The molecule has 1 N–H and O–H groups in total. The minimum absolute atomic E-state index is 0.0391. The summed E-state index contributed by atoms with van der Waals surface area (Å²) >= 11 is 0. The van der Waals surface area contributed by atoms with E-state index >= 15 is 0 Å². The Hall–Kier alpha value is -2.16. The molecule has 1 aliphatic carbocycles. The summed E-state index contributed by atoms with van der Waals surface area (Å²) in [5, 5.41) is 11.9. The molecule has 1 aliphatic rings. The van der Waals surface area contributed by atoms with Gasteiger partial charge in [0.1, 0.15) is 12.0 Å². The number of hydrogen-bond acceptors (Lipinski definition) is 5. The van der Waals surface area contributed by atoms with E-state index in [4.69, 9.17) is 9.68 Å². The summed E-state index contributed by atoms with van der Waals surface area (Å²) in [4.78, 5) is 28.3. The molecule has 0 aliphatic heterocycles. The first-order valence-electron chi connectivity index (χ1n) is 7.34. The monoisotopic (exact) mass is 289 g/mol. The summed E-state index contributed by atoms with van der Waals surface area (Å²) in [6.07, 6.45) is 6.88. The van der Waals surface area contributed by atoms with Gasteiger partial charge in [0.05, 0.1) is 6.07 Å². The Balaban J connectivity index is 2.02. The van der Waals surface area contributed by atoms with Crippen molar-refractivity contribution in [1.82, 2.24) is 10.3 Å². The van der Waals surface area contributed by atoms with E-state index in [9.17, 15) is 9.59 Å². The molecule has 1 atom stereocenters. The molecule has 1 heterocycles. The van der Waals surface area contributed by atoms with Crippen LogP contribution in [-0.2, 0) is 11.2 Å². The predicted molar refractivity (Wildman–Crippen MR) is 74.3 cm³/mol. The lowest BCUT2D eigenvalue weighted by Gasteiger charge is -2.23. The number of amides is 1. The van der Waals surface area contributed by atoms with Gasteiger partial charge < -0.3 is 9.73 Å². The van der Waals surface area contributed by atoms with Crippen LogP contribution in [0.2, 0.25) is 0 Å². The van der Waals surface area contributed by atoms with Gasteiger partial charge in [0.15, 0.2) is 11.8 Å². The molecule has 1 aromatic heterocycles. The van der Waals surface area contributed by atoms with E-state index in [2.05, 4.69) is 10.3 Å². The summed E-state index contributed by atoms with van der Waals surface area (Å²) in [5.41, 5.74) is 0.0391. The van der Waals surface area contributed by atoms with Gasteiger partial charge in [0.25, 0.3) is 0 Å². The average molecular weight is 289 g/mol. The zero-order valence-corrected chi connectivity index (χ0v) is 12.1. The van der Waals surface area contributed by atoms with Crippen molar-refractivity contribution in [3.05, 3.63) is 17.8 Å². The highest BCUT2D eigenvalue weighted by molar-refractivity contribution is 6.11. The van der Waals surface area contributed by atoms with Crippen LogP contribution in [0.4, 0.5) is 0 Å². The van der Waals surface area contributed by atoms with Gasteiger partial charge in [-0.3, -0.25) is 9.59 Å². The fourth-order valence-corrected chi connectivity index (χ4v) is 2.50. The maximum absolute atomic E-state index is 12.2. The van der Waals surface area contributed by atoms with Gasteiger partial charge in [0, 0.05) is 12.5 Å². The molecule has 0 radical (unpaired) electrons. The van der Waals surface area contributed by atoms with Gasteiger partial charge in [-0.15, -0.1) is 0 Å². The third-order valence-corrected chi connectivity index (χ3v) is 3.71. The number of carbonyl (C=O) groups is 2. The van der Waals surface area contributed by atoms with Crippen LogP contribution in [0.5, 0.6) is 0 Å². The van der Waals surface area contributed by atoms with E-state index in [0.717, 1.165) is 25.7 Å². The van der Waals surface area contributed by atoms with E-state index in [1.807, 2.05) is 6.92 Å². The predicted octanol–water partition coefficient (Wildman–Crippen LogP) is 2.01. The van der Waals surface area contributed by atoms with Crippen molar-refractivity contribution >= 4 is 11.7 Å². The molecule has 6 nitrogen and oxygen atoms in total. The molecule has 1 aromatic rings. The van der Waals surface area contributed by atoms with Crippen LogP contribution in [-0.4, -0.2) is 22.7 Å². The summed E-state index contributed by atoms with van der Waals surface area (Å²) in [6.45, 7) is 1.84. The Morgan fingerprint density at radius 3 is 2.76 bits per heavy atom. The van der Waals surface area contributed by atoms with Gasteiger partial charge >= 0.3 is 0 Å². The highest BCUT2D eigenvalue weighted by Gasteiger charge is 2.31. The lowest BCUT2D eigenvalue weighted by molar-refractivity contribution is -0.123. The van der Waals surface area contributed by atoms with Crippen molar-refractivity contribution in [3.8, 4) is 6.07 Å². The Kier molecular flexibility index (Phi) is 5.09. The number of oxazole rings is 1. The van der Waals surface area contributed by atoms with Crippen molar-refractivity contribution in [2.45, 2.75) is 51.5 Å². The zero-order chi connectivity index (χ0) is 15.2. The highest BCUT2D eigenvalue weighted by atomic mass is 16.3. The average Bonchev–Trinajstić information content (AvgIpc) is 2.98. The molecule has 0 saturated heterocycles. The van der Waals surface area contributed by atoms with Crippen molar-refractivity contribution in [3.63, 3.8) is 0 Å². The minimum atomic E-state index is -1.36. The zero-order valence-electron chi connectivity index (χ0n) is 12.1. The molecular formula is C15H19N3O3. The molecular weight excluding hydrogens is 270 g/mol. The Bertz CT molecular complexity index is 553. The van der Waals surface area contributed by atoms with E-state index < -0.39 is 17.6 Å². The van der Waals surface area contributed by atoms with E-state index in [0.29, 0.717) is 12.3 Å². The normalized spacial score (nSPS) is 17.0. The number of rotatable bonds is 5. The SMILES string of the molecule is CCc1nc(C(=O)[C@H](C#N)C(=O)NC2CCCCC2)co1. The van der Waals surface area contributed by atoms with Crippen LogP contribution in [0.15, 0.2) is 10.7 Å². The van der Waals surface area contributed by atoms with Crippen LogP contribution < -0.4 is 5.32 Å². The standard InChI is InChI=1S/C15H19N3O3/c1-2-13-18-12(9-21-13)14(19)11(8-16)15(20)17-10-6-4-3-5-7-10/h9-11H,2-7H2,1H3,(H,17,20)/t11-/m0/s1. The lowest BCUT2D eigenvalue weighted by atomic mass is 9.94. The molecule has 0 aromatic carbocycles. The third-order valence-electron chi connectivity index (χ3n) is 3.71. The van der Waals surface area contributed by atoms with Crippen molar-refractivity contribution in [2.24, 2.45) is 5.92 Å². The number of Topliss-reactive ketones (excluding diaryl/α,β-unsaturated/α-hetero) is 1. The van der Waals surface area contributed by atoms with Gasteiger partial charge in [-0.25, -0.2) is 4.98 Å². The van der Waals surface area contributed by atoms with Crippen molar-refractivity contribution < 1.29 is 14.0 Å². The second-order valence-electron chi connectivity index (χ2n) is 5.25. The summed E-state index contributed by atoms with van der Waals surface area (Å²) in [5.74, 6) is -2.07. The molecule has 112 valence electrons. The number of aromatic nitrogens is 1. The third kappa shape index (κ3) is 3.69. The van der Waals surface area contributed by atoms with Gasteiger partial charge in [0.2, 0.25) is 11.7 Å². The molecule has 2 rings (SSSR count). The van der Waals surface area contributed by atoms with Crippen molar-refractivity contribution in [2.75, 3.05) is 0 Å². The number of nitrogens with one attached hydrogen (secondary N) is 1. The Morgan fingerprint density at radius 2 is 2.19 bits per heavy atom. The maximum atomic E-state index is 12.2. The summed E-state index contributed by atoms with van der Waals surface area (Å²) < 4.78 is 5.09. The summed E-state index contributed by atoms with van der Waals surface area (Å²) in [6, 6.07) is 1.84. The fraction of sp³-hybridized carbons (Fsp3) is 0.600. The topological polar surface area (TPSA) is 96.0 Å². The molecule has 0 unspecified atom stereocenters. The minimum Gasteiger partial charge on any atom is -0.448 e. The quantitative estimate of drug-likeness (QED) is 0.660. The fourth-order valence-electron chi connectivity index (χ4n) is 2.50. The van der Waals surface area contributed by atoms with E-state index in [1.54, 1.807) is 6.07 Å². The summed E-state index contributed by atoms with van der Waals surface area (Å²) in [7, 11) is 0. The number of aryl methyl sites for hydroxylation is 1. The Labute approximate surface area is 123 Å². The van der Waals surface area contributed by atoms with Crippen LogP contribution >= 0.6 is 0 Å². The van der Waals surface area contributed by atoms with Gasteiger partial charge in [-0.05, 0) is 12.8 Å². The highest BCUT2D eigenvalue weighted by Crippen LogP contribution is 2.18. The molecule has 1 fully saturated rings. The molecule has 21 heavy (non-hydrogen) atoms. The van der Waals surface area contributed by atoms with E-state index in [1.165, 1.54) is 12.7 Å². The number of nitrogens with zero attached hydrogens (tertiary/aromatic N) is 2. The second-order valence-corrected chi connectivity index (χ2v) is 5.25. The second kappa shape index (κ2) is 7.02. The molecule has 0 bridgehead atoms. The molecule has 0 spiro atoms. The first-order chi connectivity index (χ1) is 10.2. The number of carbonyl (C=O) groups excluding carboxylic acids is 2.